The Kier molecular flexibility index (Phi) is 2.58. The molecule has 0 radical (unpaired) electrons. The van der Waals surface area contributed by atoms with E-state index in [1.54, 1.807) is 12.4 Å². The van der Waals surface area contributed by atoms with Gasteiger partial charge in [0.25, 0.3) is 0 Å². The molecule has 0 spiro atoms. The second-order valence-electron chi connectivity index (χ2n) is 3.24. The average molecular weight is 200 g/mol. The summed E-state index contributed by atoms with van der Waals surface area (Å²) in [5, 5.41) is 11.1. The number of aromatic nitrogens is 3. The first kappa shape index (κ1) is 9.58. The fourth-order valence-corrected chi connectivity index (χ4v) is 1.34. The normalized spacial score (nSPS) is 10.0. The van der Waals surface area contributed by atoms with Crippen LogP contribution in [0.2, 0.25) is 0 Å². The van der Waals surface area contributed by atoms with Crippen molar-refractivity contribution in [1.82, 2.24) is 15.2 Å². The lowest BCUT2D eigenvalue weighted by Crippen LogP contribution is -1.96. The molecule has 0 amide bonds. The predicted octanol–water partition coefficient (Wildman–Crippen LogP) is 1.89. The van der Waals surface area contributed by atoms with Crippen LogP contribution in [0.5, 0.6) is 0 Å². The van der Waals surface area contributed by atoms with Crippen molar-refractivity contribution in [2.45, 2.75) is 6.92 Å². The lowest BCUT2D eigenvalue weighted by Gasteiger charge is -2.03. The van der Waals surface area contributed by atoms with E-state index >= 15 is 0 Å². The van der Waals surface area contributed by atoms with Crippen molar-refractivity contribution >= 4 is 5.82 Å². The highest BCUT2D eigenvalue weighted by Gasteiger charge is 2.03. The smallest absolute Gasteiger partial charge is 0.148 e. The van der Waals surface area contributed by atoms with Crippen molar-refractivity contribution in [3.8, 4) is 11.3 Å². The topological polar surface area (TPSA) is 50.7 Å². The summed E-state index contributed by atoms with van der Waals surface area (Å²) in [5.41, 5.74) is 3.02. The summed E-state index contributed by atoms with van der Waals surface area (Å²) < 4.78 is 0. The number of nitrogens with one attached hydrogen (secondary N) is 1. The number of hydrogen-bond acceptors (Lipinski definition) is 4. The van der Waals surface area contributed by atoms with E-state index in [-0.39, 0.29) is 0 Å². The minimum atomic E-state index is 0.764. The second kappa shape index (κ2) is 4.04. The molecule has 0 atom stereocenters. The number of hydrogen-bond donors (Lipinski definition) is 1. The highest BCUT2D eigenvalue weighted by Crippen LogP contribution is 2.19. The molecule has 0 aliphatic carbocycles. The third-order valence-electron chi connectivity index (χ3n) is 2.24. The largest absolute Gasteiger partial charge is 0.372 e. The first-order valence-corrected chi connectivity index (χ1v) is 4.73. The highest BCUT2D eigenvalue weighted by atomic mass is 15.2. The lowest BCUT2D eigenvalue weighted by molar-refractivity contribution is 1.03. The highest BCUT2D eigenvalue weighted by molar-refractivity contribution is 5.62. The molecule has 0 bridgehead atoms. The van der Waals surface area contributed by atoms with Crippen LogP contribution in [-0.4, -0.2) is 22.2 Å². The van der Waals surface area contributed by atoms with Crippen molar-refractivity contribution in [1.29, 1.82) is 0 Å². The van der Waals surface area contributed by atoms with Crippen molar-refractivity contribution in [2.75, 3.05) is 12.4 Å². The summed E-state index contributed by atoms with van der Waals surface area (Å²) >= 11 is 0. The van der Waals surface area contributed by atoms with Gasteiger partial charge in [-0.1, -0.05) is 0 Å². The molecule has 15 heavy (non-hydrogen) atoms. The molecule has 2 heterocycles. The van der Waals surface area contributed by atoms with Gasteiger partial charge in [0.1, 0.15) is 5.82 Å². The molecule has 0 fully saturated rings. The molecule has 0 aliphatic rings. The van der Waals surface area contributed by atoms with E-state index < -0.39 is 0 Å². The summed E-state index contributed by atoms with van der Waals surface area (Å²) in [6.45, 7) is 2.03. The molecular formula is C11H12N4. The van der Waals surface area contributed by atoms with Gasteiger partial charge in [0.2, 0.25) is 0 Å². The Hall–Kier alpha value is -1.97. The zero-order chi connectivity index (χ0) is 10.7. The zero-order valence-corrected chi connectivity index (χ0v) is 8.73. The Labute approximate surface area is 88.4 Å². The Morgan fingerprint density at radius 3 is 2.60 bits per heavy atom. The maximum atomic E-state index is 4.13. The molecule has 4 nitrogen and oxygen atoms in total. The van der Waals surface area contributed by atoms with Crippen molar-refractivity contribution in [3.05, 3.63) is 36.2 Å². The maximum Gasteiger partial charge on any atom is 0.148 e. The first-order valence-electron chi connectivity index (χ1n) is 4.73. The molecule has 2 rings (SSSR count). The van der Waals surface area contributed by atoms with E-state index in [0.717, 1.165) is 22.6 Å². The summed E-state index contributed by atoms with van der Waals surface area (Å²) in [4.78, 5) is 4.08. The molecule has 0 aromatic carbocycles. The SMILES string of the molecule is CNc1ccc(-c2cnccc2C)nn1. The fourth-order valence-electron chi connectivity index (χ4n) is 1.34. The molecule has 0 saturated heterocycles. The molecule has 76 valence electrons. The Morgan fingerprint density at radius 2 is 2.00 bits per heavy atom. The summed E-state index contributed by atoms with van der Waals surface area (Å²) in [6, 6.07) is 5.79. The molecule has 0 saturated carbocycles. The standard InChI is InChI=1S/C11H12N4/c1-8-5-6-13-7-9(8)10-3-4-11(12-2)15-14-10/h3-7H,1-2H3,(H,12,15). The third kappa shape index (κ3) is 1.93. The Morgan fingerprint density at radius 1 is 1.13 bits per heavy atom. The minimum Gasteiger partial charge on any atom is -0.372 e. The van der Waals surface area contributed by atoms with E-state index in [4.69, 9.17) is 0 Å². The number of rotatable bonds is 2. The van der Waals surface area contributed by atoms with Gasteiger partial charge in [-0.3, -0.25) is 4.98 Å². The Balaban J connectivity index is 2.42. The molecule has 4 heteroatoms. The van der Waals surface area contributed by atoms with Crippen LogP contribution in [-0.2, 0) is 0 Å². The molecule has 0 aliphatic heterocycles. The second-order valence-corrected chi connectivity index (χ2v) is 3.24. The van der Waals surface area contributed by atoms with Gasteiger partial charge in [-0.25, -0.2) is 0 Å². The van der Waals surface area contributed by atoms with Crippen LogP contribution in [0.25, 0.3) is 11.3 Å². The van der Waals surface area contributed by atoms with E-state index in [1.165, 1.54) is 0 Å². The van der Waals surface area contributed by atoms with Gasteiger partial charge in [0.15, 0.2) is 0 Å². The Bertz CT molecular complexity index is 450. The van der Waals surface area contributed by atoms with E-state index in [1.807, 2.05) is 32.2 Å². The van der Waals surface area contributed by atoms with E-state index in [0.29, 0.717) is 0 Å². The van der Waals surface area contributed by atoms with Crippen LogP contribution in [0, 0.1) is 6.92 Å². The van der Waals surface area contributed by atoms with Gasteiger partial charge in [-0.15, -0.1) is 10.2 Å². The van der Waals surface area contributed by atoms with Crippen molar-refractivity contribution in [3.63, 3.8) is 0 Å². The first-order chi connectivity index (χ1) is 7.31. The predicted molar refractivity (Wildman–Crippen MR) is 59.5 cm³/mol. The number of nitrogens with zero attached hydrogens (tertiary/aromatic N) is 3. The van der Waals surface area contributed by atoms with E-state index in [2.05, 4.69) is 20.5 Å². The van der Waals surface area contributed by atoms with Gasteiger partial charge < -0.3 is 5.32 Å². The average Bonchev–Trinajstić information content (AvgIpc) is 2.30. The van der Waals surface area contributed by atoms with Crippen molar-refractivity contribution < 1.29 is 0 Å². The van der Waals surface area contributed by atoms with Crippen LogP contribution in [0.3, 0.4) is 0 Å². The summed E-state index contributed by atoms with van der Waals surface area (Å²) in [7, 11) is 1.82. The lowest BCUT2D eigenvalue weighted by atomic mass is 10.1. The monoisotopic (exact) mass is 200 g/mol. The van der Waals surface area contributed by atoms with Crippen molar-refractivity contribution in [2.24, 2.45) is 0 Å². The molecule has 2 aromatic heterocycles. The van der Waals surface area contributed by atoms with Crippen LogP contribution in [0.4, 0.5) is 5.82 Å². The number of anilines is 1. The van der Waals surface area contributed by atoms with Crippen LogP contribution in [0.15, 0.2) is 30.6 Å². The summed E-state index contributed by atoms with van der Waals surface area (Å²) in [5.74, 6) is 0.764. The summed E-state index contributed by atoms with van der Waals surface area (Å²) in [6.07, 6.45) is 3.58. The third-order valence-corrected chi connectivity index (χ3v) is 2.24. The zero-order valence-electron chi connectivity index (χ0n) is 8.73. The van der Waals surface area contributed by atoms with Crippen LogP contribution < -0.4 is 5.32 Å². The number of aryl methyl sites for hydroxylation is 1. The van der Waals surface area contributed by atoms with Gasteiger partial charge in [-0.2, -0.15) is 0 Å². The molecular weight excluding hydrogens is 188 g/mol. The van der Waals surface area contributed by atoms with E-state index in [9.17, 15) is 0 Å². The van der Waals surface area contributed by atoms with Gasteiger partial charge >= 0.3 is 0 Å². The maximum absolute atomic E-state index is 4.13. The van der Waals surface area contributed by atoms with Gasteiger partial charge in [0, 0.05) is 25.0 Å². The fraction of sp³-hybridized carbons (Fsp3) is 0.182. The van der Waals surface area contributed by atoms with Crippen LogP contribution in [0.1, 0.15) is 5.56 Å². The molecule has 0 unspecified atom stereocenters. The van der Waals surface area contributed by atoms with Gasteiger partial charge in [0.05, 0.1) is 5.69 Å². The van der Waals surface area contributed by atoms with Crippen LogP contribution >= 0.6 is 0 Å². The number of pyridine rings is 1. The van der Waals surface area contributed by atoms with Gasteiger partial charge in [-0.05, 0) is 30.7 Å². The molecule has 2 aromatic rings. The molecule has 1 N–H and O–H groups in total. The quantitative estimate of drug-likeness (QED) is 0.804. The minimum absolute atomic E-state index is 0.764.